The molecular weight excluding hydrogens is 310 g/mol. The van der Waals surface area contributed by atoms with Crippen LogP contribution in [0.3, 0.4) is 0 Å². The minimum Gasteiger partial charge on any atom is -0.338 e. The zero-order chi connectivity index (χ0) is 15.6. The zero-order valence-corrected chi connectivity index (χ0v) is 13.9. The Balaban J connectivity index is 1.43. The first-order valence-corrected chi connectivity index (χ1v) is 8.75. The molecule has 3 aromatic rings. The first kappa shape index (κ1) is 14.6. The molecule has 1 fully saturated rings. The molecule has 0 bridgehead atoms. The van der Waals surface area contributed by atoms with Crippen molar-refractivity contribution < 1.29 is 4.52 Å². The van der Waals surface area contributed by atoms with Gasteiger partial charge in [0.2, 0.25) is 11.7 Å². The van der Waals surface area contributed by atoms with Crippen molar-refractivity contribution in [3.05, 3.63) is 41.4 Å². The highest BCUT2D eigenvalue weighted by atomic mass is 32.1. The van der Waals surface area contributed by atoms with Crippen LogP contribution in [0, 0.1) is 6.92 Å². The fraction of sp³-hybridized carbons (Fsp3) is 0.438. The normalized spacial score (nSPS) is 18.7. The van der Waals surface area contributed by atoms with Crippen molar-refractivity contribution in [3.63, 3.8) is 0 Å². The fourth-order valence-electron chi connectivity index (χ4n) is 3.09. The first-order chi connectivity index (χ1) is 11.3. The maximum Gasteiger partial charge on any atom is 0.241 e. The van der Waals surface area contributed by atoms with E-state index < -0.39 is 0 Å². The van der Waals surface area contributed by atoms with Crippen molar-refractivity contribution in [1.82, 2.24) is 24.8 Å². The summed E-state index contributed by atoms with van der Waals surface area (Å²) in [5, 5.41) is 10.5. The van der Waals surface area contributed by atoms with E-state index >= 15 is 0 Å². The monoisotopic (exact) mass is 329 g/mol. The number of likely N-dealkylation sites (tertiary alicyclic amines) is 1. The summed E-state index contributed by atoms with van der Waals surface area (Å²) in [6.07, 6.45) is 6.39. The van der Waals surface area contributed by atoms with Gasteiger partial charge in [-0.05, 0) is 43.3 Å². The van der Waals surface area contributed by atoms with E-state index in [4.69, 9.17) is 4.52 Å². The molecule has 23 heavy (non-hydrogen) atoms. The van der Waals surface area contributed by atoms with Gasteiger partial charge in [-0.1, -0.05) is 11.2 Å². The highest BCUT2D eigenvalue weighted by molar-refractivity contribution is 7.13. The van der Waals surface area contributed by atoms with Crippen molar-refractivity contribution in [3.8, 4) is 10.7 Å². The predicted molar refractivity (Wildman–Crippen MR) is 88.0 cm³/mol. The van der Waals surface area contributed by atoms with Crippen molar-refractivity contribution in [2.45, 2.75) is 38.9 Å². The van der Waals surface area contributed by atoms with Crippen LogP contribution in [0.15, 0.2) is 34.4 Å². The molecule has 1 atom stereocenters. The Hall–Kier alpha value is -1.99. The molecular formula is C16H19N5OS. The SMILES string of the molecule is Cc1cnn(CC2CCCN2Cc2nc(-c3cccs3)no2)c1. The van der Waals surface area contributed by atoms with Gasteiger partial charge in [-0.2, -0.15) is 10.1 Å². The average Bonchev–Trinajstić information content (AvgIpc) is 3.29. The van der Waals surface area contributed by atoms with Crippen LogP contribution in [-0.2, 0) is 13.1 Å². The topological polar surface area (TPSA) is 60.0 Å². The lowest BCUT2D eigenvalue weighted by Crippen LogP contribution is -2.32. The Morgan fingerprint density at radius 2 is 2.39 bits per heavy atom. The zero-order valence-electron chi connectivity index (χ0n) is 13.1. The largest absolute Gasteiger partial charge is 0.338 e. The van der Waals surface area contributed by atoms with Gasteiger partial charge in [0.1, 0.15) is 0 Å². The van der Waals surface area contributed by atoms with Crippen LogP contribution in [0.2, 0.25) is 0 Å². The average molecular weight is 329 g/mol. The van der Waals surface area contributed by atoms with Crippen LogP contribution in [-0.4, -0.2) is 37.4 Å². The third-order valence-corrected chi connectivity index (χ3v) is 5.07. The fourth-order valence-corrected chi connectivity index (χ4v) is 3.74. The van der Waals surface area contributed by atoms with E-state index in [0.717, 1.165) is 18.0 Å². The van der Waals surface area contributed by atoms with E-state index in [0.29, 0.717) is 24.3 Å². The van der Waals surface area contributed by atoms with Crippen molar-refractivity contribution >= 4 is 11.3 Å². The Bertz CT molecular complexity index is 763. The lowest BCUT2D eigenvalue weighted by Gasteiger charge is -2.22. The Labute approximate surface area is 138 Å². The number of aromatic nitrogens is 4. The minimum absolute atomic E-state index is 0.478. The minimum atomic E-state index is 0.478. The maximum atomic E-state index is 5.43. The third kappa shape index (κ3) is 3.20. The summed E-state index contributed by atoms with van der Waals surface area (Å²) in [6.45, 7) is 4.77. The number of nitrogens with zero attached hydrogens (tertiary/aromatic N) is 5. The van der Waals surface area contributed by atoms with Gasteiger partial charge >= 0.3 is 0 Å². The van der Waals surface area contributed by atoms with E-state index in [9.17, 15) is 0 Å². The van der Waals surface area contributed by atoms with Gasteiger partial charge in [0.05, 0.1) is 24.2 Å². The van der Waals surface area contributed by atoms with Gasteiger partial charge in [0.25, 0.3) is 0 Å². The number of hydrogen-bond donors (Lipinski definition) is 0. The summed E-state index contributed by atoms with van der Waals surface area (Å²) >= 11 is 1.63. The van der Waals surface area contributed by atoms with Gasteiger partial charge in [0, 0.05) is 12.2 Å². The van der Waals surface area contributed by atoms with Gasteiger partial charge < -0.3 is 4.52 Å². The van der Waals surface area contributed by atoms with E-state index in [1.54, 1.807) is 11.3 Å². The number of thiophene rings is 1. The Kier molecular flexibility index (Phi) is 3.97. The summed E-state index contributed by atoms with van der Waals surface area (Å²) in [7, 11) is 0. The smallest absolute Gasteiger partial charge is 0.241 e. The van der Waals surface area contributed by atoms with Crippen LogP contribution >= 0.6 is 11.3 Å². The highest BCUT2D eigenvalue weighted by Crippen LogP contribution is 2.24. The maximum absolute atomic E-state index is 5.43. The van der Waals surface area contributed by atoms with Crippen molar-refractivity contribution in [2.24, 2.45) is 0 Å². The summed E-state index contributed by atoms with van der Waals surface area (Å²) in [4.78, 5) is 8.00. The molecule has 4 heterocycles. The number of aryl methyl sites for hydroxylation is 1. The molecule has 0 spiro atoms. The molecule has 1 unspecified atom stereocenters. The molecule has 7 heteroatoms. The standard InChI is InChI=1S/C16H19N5OS/c1-12-8-17-21(9-12)10-13-4-2-6-20(13)11-15-18-16(19-22-15)14-5-3-7-23-14/h3,5,7-9,13H,2,4,6,10-11H2,1H3. The molecule has 6 nitrogen and oxygen atoms in total. The van der Waals surface area contributed by atoms with Gasteiger partial charge in [-0.25, -0.2) is 0 Å². The quantitative estimate of drug-likeness (QED) is 0.720. The predicted octanol–water partition coefficient (Wildman–Crippen LogP) is 2.97. The molecule has 0 aliphatic carbocycles. The molecule has 3 aromatic heterocycles. The van der Waals surface area contributed by atoms with E-state index in [-0.39, 0.29) is 0 Å². The van der Waals surface area contributed by atoms with Gasteiger partial charge in [0.15, 0.2) is 0 Å². The van der Waals surface area contributed by atoms with Gasteiger partial charge in [-0.3, -0.25) is 9.58 Å². The third-order valence-electron chi connectivity index (χ3n) is 4.21. The molecule has 0 saturated carbocycles. The van der Waals surface area contributed by atoms with Crippen LogP contribution in [0.5, 0.6) is 0 Å². The first-order valence-electron chi connectivity index (χ1n) is 7.87. The molecule has 0 amide bonds. The second-order valence-corrected chi connectivity index (χ2v) is 6.94. The van der Waals surface area contributed by atoms with Crippen LogP contribution in [0.1, 0.15) is 24.3 Å². The van der Waals surface area contributed by atoms with Crippen LogP contribution < -0.4 is 0 Å². The summed E-state index contributed by atoms with van der Waals surface area (Å²) in [5.74, 6) is 1.38. The van der Waals surface area contributed by atoms with E-state index in [2.05, 4.69) is 33.3 Å². The lowest BCUT2D eigenvalue weighted by molar-refractivity contribution is 0.192. The summed E-state index contributed by atoms with van der Waals surface area (Å²) < 4.78 is 7.47. The van der Waals surface area contributed by atoms with E-state index in [1.165, 1.54) is 18.4 Å². The van der Waals surface area contributed by atoms with Crippen molar-refractivity contribution in [2.75, 3.05) is 6.54 Å². The second-order valence-electron chi connectivity index (χ2n) is 6.00. The number of rotatable bonds is 5. The Morgan fingerprint density at radius 1 is 1.43 bits per heavy atom. The molecule has 0 N–H and O–H groups in total. The summed E-state index contributed by atoms with van der Waals surface area (Å²) in [6, 6.07) is 4.49. The second kappa shape index (κ2) is 6.25. The lowest BCUT2D eigenvalue weighted by atomic mass is 10.2. The highest BCUT2D eigenvalue weighted by Gasteiger charge is 2.27. The molecule has 4 rings (SSSR count). The van der Waals surface area contributed by atoms with Gasteiger partial charge in [-0.15, -0.1) is 11.3 Å². The Morgan fingerprint density at radius 3 is 3.17 bits per heavy atom. The van der Waals surface area contributed by atoms with Crippen LogP contribution in [0.25, 0.3) is 10.7 Å². The van der Waals surface area contributed by atoms with Crippen molar-refractivity contribution in [1.29, 1.82) is 0 Å². The molecule has 1 aliphatic heterocycles. The molecule has 120 valence electrons. The molecule has 0 aromatic carbocycles. The molecule has 1 aliphatic rings. The molecule has 0 radical (unpaired) electrons. The molecule has 1 saturated heterocycles. The van der Waals surface area contributed by atoms with Crippen LogP contribution in [0.4, 0.5) is 0 Å². The summed E-state index contributed by atoms with van der Waals surface area (Å²) in [5.41, 5.74) is 1.20. The van der Waals surface area contributed by atoms with E-state index in [1.807, 2.05) is 28.4 Å². The number of hydrogen-bond acceptors (Lipinski definition) is 6.